The van der Waals surface area contributed by atoms with Gasteiger partial charge in [-0.25, -0.2) is 8.42 Å². The highest BCUT2D eigenvalue weighted by Gasteiger charge is 2.08. The van der Waals surface area contributed by atoms with Gasteiger partial charge < -0.3 is 10.2 Å². The van der Waals surface area contributed by atoms with Crippen LogP contribution in [0.1, 0.15) is 33.6 Å². The lowest BCUT2D eigenvalue weighted by atomic mass is 10.3. The molecule has 17 heavy (non-hydrogen) atoms. The average Bonchev–Trinajstić information content (AvgIpc) is 2.22. The Bertz CT molecular complexity index is 276. The SMILES string of the molecule is CCCS(=O)(=O)CCNCCCN(C)C(C)C. The number of rotatable bonds is 10. The molecule has 0 radical (unpaired) electrons. The molecular weight excluding hydrogens is 236 g/mol. The van der Waals surface area contributed by atoms with Crippen molar-refractivity contribution >= 4 is 9.84 Å². The highest BCUT2D eigenvalue weighted by atomic mass is 32.2. The number of nitrogens with one attached hydrogen (secondary N) is 1. The maximum atomic E-state index is 11.4. The van der Waals surface area contributed by atoms with Gasteiger partial charge in [0.05, 0.1) is 5.75 Å². The van der Waals surface area contributed by atoms with Crippen LogP contribution in [-0.4, -0.2) is 57.5 Å². The van der Waals surface area contributed by atoms with E-state index in [0.717, 1.165) is 19.5 Å². The van der Waals surface area contributed by atoms with Crippen LogP contribution in [0, 0.1) is 0 Å². The van der Waals surface area contributed by atoms with Crippen molar-refractivity contribution in [1.82, 2.24) is 10.2 Å². The summed E-state index contributed by atoms with van der Waals surface area (Å²) in [5, 5.41) is 3.19. The smallest absolute Gasteiger partial charge is 0.151 e. The second-order valence-corrected chi connectivity index (χ2v) is 7.13. The quantitative estimate of drug-likeness (QED) is 0.601. The van der Waals surface area contributed by atoms with Gasteiger partial charge in [-0.1, -0.05) is 6.92 Å². The van der Waals surface area contributed by atoms with Crippen molar-refractivity contribution in [2.45, 2.75) is 39.7 Å². The molecule has 1 N–H and O–H groups in total. The second kappa shape index (κ2) is 8.89. The lowest BCUT2D eigenvalue weighted by Gasteiger charge is -2.20. The minimum absolute atomic E-state index is 0.265. The van der Waals surface area contributed by atoms with Crippen molar-refractivity contribution in [2.75, 3.05) is 38.2 Å². The third-order valence-corrected chi connectivity index (χ3v) is 4.71. The van der Waals surface area contributed by atoms with Crippen molar-refractivity contribution in [3.8, 4) is 0 Å². The summed E-state index contributed by atoms with van der Waals surface area (Å²) in [7, 11) is -0.714. The van der Waals surface area contributed by atoms with Crippen molar-refractivity contribution in [3.05, 3.63) is 0 Å². The normalized spacial score (nSPS) is 12.6. The molecule has 5 heteroatoms. The standard InChI is InChI=1S/C12H28N2O2S/c1-5-10-17(15,16)11-8-13-7-6-9-14(4)12(2)3/h12-13H,5-11H2,1-4H3. The summed E-state index contributed by atoms with van der Waals surface area (Å²) in [5.74, 6) is 0.575. The van der Waals surface area contributed by atoms with Gasteiger partial charge in [-0.15, -0.1) is 0 Å². The van der Waals surface area contributed by atoms with E-state index in [1.165, 1.54) is 0 Å². The Kier molecular flexibility index (Phi) is 8.82. The zero-order chi connectivity index (χ0) is 13.3. The molecule has 0 aliphatic rings. The van der Waals surface area contributed by atoms with E-state index in [9.17, 15) is 8.42 Å². The molecule has 0 bridgehead atoms. The molecule has 0 atom stereocenters. The van der Waals surface area contributed by atoms with E-state index in [1.54, 1.807) is 0 Å². The fourth-order valence-electron chi connectivity index (χ4n) is 1.48. The maximum Gasteiger partial charge on any atom is 0.151 e. The van der Waals surface area contributed by atoms with Gasteiger partial charge in [-0.2, -0.15) is 0 Å². The van der Waals surface area contributed by atoms with Crippen LogP contribution < -0.4 is 5.32 Å². The molecular formula is C12H28N2O2S. The first-order chi connectivity index (χ1) is 7.89. The summed E-state index contributed by atoms with van der Waals surface area (Å²) in [4.78, 5) is 2.29. The summed E-state index contributed by atoms with van der Waals surface area (Å²) in [6, 6.07) is 0.569. The summed E-state index contributed by atoms with van der Waals surface area (Å²) in [6.07, 6.45) is 1.77. The van der Waals surface area contributed by atoms with Gasteiger partial charge in [0.2, 0.25) is 0 Å². The molecule has 0 heterocycles. The lowest BCUT2D eigenvalue weighted by molar-refractivity contribution is 0.270. The molecule has 0 rings (SSSR count). The fraction of sp³-hybridized carbons (Fsp3) is 1.00. The van der Waals surface area contributed by atoms with Gasteiger partial charge in [-0.3, -0.25) is 0 Å². The average molecular weight is 264 g/mol. The van der Waals surface area contributed by atoms with Gasteiger partial charge in [0.1, 0.15) is 0 Å². The maximum absolute atomic E-state index is 11.4. The van der Waals surface area contributed by atoms with E-state index in [0.29, 0.717) is 24.8 Å². The lowest BCUT2D eigenvalue weighted by Crippen LogP contribution is -2.31. The third kappa shape index (κ3) is 9.56. The molecule has 4 nitrogen and oxygen atoms in total. The van der Waals surface area contributed by atoms with Crippen LogP contribution in [0.5, 0.6) is 0 Å². The Morgan fingerprint density at radius 1 is 1.18 bits per heavy atom. The molecule has 0 aliphatic heterocycles. The van der Waals surface area contributed by atoms with Crippen LogP contribution in [0.25, 0.3) is 0 Å². The molecule has 0 aromatic heterocycles. The first kappa shape index (κ1) is 16.9. The van der Waals surface area contributed by atoms with Crippen molar-refractivity contribution in [3.63, 3.8) is 0 Å². The predicted molar refractivity (Wildman–Crippen MR) is 74.2 cm³/mol. The summed E-state index contributed by atoms with van der Waals surface area (Å²) < 4.78 is 22.8. The molecule has 0 aromatic rings. The molecule has 104 valence electrons. The summed E-state index contributed by atoms with van der Waals surface area (Å²) >= 11 is 0. The molecule has 0 amide bonds. The topological polar surface area (TPSA) is 49.4 Å². The third-order valence-electron chi connectivity index (χ3n) is 2.85. The Morgan fingerprint density at radius 2 is 1.82 bits per heavy atom. The van der Waals surface area contributed by atoms with Gasteiger partial charge >= 0.3 is 0 Å². The molecule has 0 saturated carbocycles. The van der Waals surface area contributed by atoms with Crippen LogP contribution in [0.4, 0.5) is 0 Å². The number of sulfone groups is 1. The molecule has 0 saturated heterocycles. The van der Waals surface area contributed by atoms with Gasteiger partial charge in [0.15, 0.2) is 9.84 Å². The molecule has 0 aromatic carbocycles. The van der Waals surface area contributed by atoms with Crippen LogP contribution in [-0.2, 0) is 9.84 Å². The first-order valence-corrected chi connectivity index (χ1v) is 8.32. The van der Waals surface area contributed by atoms with Crippen molar-refractivity contribution < 1.29 is 8.42 Å². The highest BCUT2D eigenvalue weighted by Crippen LogP contribution is 1.95. The van der Waals surface area contributed by atoms with Crippen LogP contribution in [0.2, 0.25) is 0 Å². The fourth-order valence-corrected chi connectivity index (χ4v) is 2.76. The minimum atomic E-state index is -2.82. The van der Waals surface area contributed by atoms with E-state index < -0.39 is 9.84 Å². The van der Waals surface area contributed by atoms with Crippen LogP contribution in [0.15, 0.2) is 0 Å². The first-order valence-electron chi connectivity index (χ1n) is 6.50. The second-order valence-electron chi connectivity index (χ2n) is 4.83. The van der Waals surface area contributed by atoms with E-state index in [-0.39, 0.29) is 5.75 Å². The van der Waals surface area contributed by atoms with Crippen LogP contribution in [0.3, 0.4) is 0 Å². The van der Waals surface area contributed by atoms with Crippen molar-refractivity contribution in [1.29, 1.82) is 0 Å². The number of hydrogen-bond donors (Lipinski definition) is 1. The van der Waals surface area contributed by atoms with E-state index in [4.69, 9.17) is 0 Å². The van der Waals surface area contributed by atoms with Crippen molar-refractivity contribution in [2.24, 2.45) is 0 Å². The highest BCUT2D eigenvalue weighted by molar-refractivity contribution is 7.91. The van der Waals surface area contributed by atoms with Gasteiger partial charge in [-0.05, 0) is 46.8 Å². The minimum Gasteiger partial charge on any atom is -0.316 e. The van der Waals surface area contributed by atoms with E-state index in [2.05, 4.69) is 31.1 Å². The van der Waals surface area contributed by atoms with Crippen LogP contribution >= 0.6 is 0 Å². The molecule has 0 spiro atoms. The molecule has 0 unspecified atom stereocenters. The predicted octanol–water partition coefficient (Wildman–Crippen LogP) is 1.13. The summed E-state index contributed by atoms with van der Waals surface area (Å²) in [5.41, 5.74) is 0. The molecule has 0 fully saturated rings. The monoisotopic (exact) mass is 264 g/mol. The Labute approximate surface area is 107 Å². The Hall–Kier alpha value is -0.130. The summed E-state index contributed by atoms with van der Waals surface area (Å²) in [6.45, 7) is 8.75. The zero-order valence-electron chi connectivity index (χ0n) is 11.7. The van der Waals surface area contributed by atoms with E-state index in [1.807, 2.05) is 6.92 Å². The van der Waals surface area contributed by atoms with E-state index >= 15 is 0 Å². The Morgan fingerprint density at radius 3 is 2.35 bits per heavy atom. The van der Waals surface area contributed by atoms with Gasteiger partial charge in [0.25, 0.3) is 0 Å². The van der Waals surface area contributed by atoms with Gasteiger partial charge in [0, 0.05) is 18.3 Å². The largest absolute Gasteiger partial charge is 0.316 e. The Balaban J connectivity index is 3.47. The molecule has 0 aliphatic carbocycles. The number of hydrogen-bond acceptors (Lipinski definition) is 4. The number of nitrogens with zero attached hydrogens (tertiary/aromatic N) is 1. The zero-order valence-corrected chi connectivity index (χ0v) is 12.5.